The third kappa shape index (κ3) is 2.87. The summed E-state index contributed by atoms with van der Waals surface area (Å²) in [5, 5.41) is 10.9. The summed E-state index contributed by atoms with van der Waals surface area (Å²) >= 11 is 0. The van der Waals surface area contributed by atoms with Crippen molar-refractivity contribution in [1.29, 1.82) is 5.26 Å². The molecule has 0 saturated carbocycles. The van der Waals surface area contributed by atoms with Crippen molar-refractivity contribution in [2.75, 3.05) is 6.54 Å². The highest BCUT2D eigenvalue weighted by Gasteiger charge is 2.05. The van der Waals surface area contributed by atoms with Gasteiger partial charge in [-0.2, -0.15) is 5.26 Å². The van der Waals surface area contributed by atoms with Crippen molar-refractivity contribution in [3.63, 3.8) is 0 Å². The number of nitriles is 1. The molecular weight excluding hydrogens is 178 g/mol. The number of hydrogen-bond donors (Lipinski definition) is 1. The van der Waals surface area contributed by atoms with E-state index < -0.39 is 0 Å². The summed E-state index contributed by atoms with van der Waals surface area (Å²) in [7, 11) is 0. The quantitative estimate of drug-likeness (QED) is 0.722. The van der Waals surface area contributed by atoms with Crippen molar-refractivity contribution >= 4 is 5.91 Å². The molecule has 72 valence electrons. The number of pyridine rings is 1. The topological polar surface area (TPSA) is 65.8 Å². The zero-order valence-corrected chi connectivity index (χ0v) is 7.95. The summed E-state index contributed by atoms with van der Waals surface area (Å²) in [6.45, 7) is 2.19. The van der Waals surface area contributed by atoms with Gasteiger partial charge in [0.1, 0.15) is 5.69 Å². The Balaban J connectivity index is 2.57. The predicted molar refractivity (Wildman–Crippen MR) is 51.5 cm³/mol. The molecule has 0 saturated heterocycles. The maximum absolute atomic E-state index is 11.4. The lowest BCUT2D eigenvalue weighted by atomic mass is 10.3. The molecule has 0 unspecified atom stereocenters. The Bertz CT molecular complexity index is 368. The van der Waals surface area contributed by atoms with Gasteiger partial charge in [-0.3, -0.25) is 4.79 Å². The van der Waals surface area contributed by atoms with E-state index in [1.165, 1.54) is 0 Å². The second kappa shape index (κ2) is 4.97. The number of hydrogen-bond acceptors (Lipinski definition) is 3. The van der Waals surface area contributed by atoms with E-state index in [9.17, 15) is 4.79 Å². The lowest BCUT2D eigenvalue weighted by Crippen LogP contribution is -2.25. The summed E-state index contributed by atoms with van der Waals surface area (Å²) in [5.41, 5.74) is 1.20. The van der Waals surface area contributed by atoms with Crippen LogP contribution in [0, 0.1) is 18.3 Å². The van der Waals surface area contributed by atoms with Gasteiger partial charge in [-0.05, 0) is 19.1 Å². The standard InChI is InChI=1S/C10H11N3O/c1-8-4-2-5-9(13-8)10(14)12-7-3-6-11/h2,4-5H,3,7H2,1H3,(H,12,14). The SMILES string of the molecule is Cc1cccc(C(=O)NCCC#N)n1. The van der Waals surface area contributed by atoms with Crippen LogP contribution in [0.3, 0.4) is 0 Å². The maximum atomic E-state index is 11.4. The van der Waals surface area contributed by atoms with Gasteiger partial charge in [0, 0.05) is 12.2 Å². The zero-order valence-electron chi connectivity index (χ0n) is 7.95. The van der Waals surface area contributed by atoms with E-state index in [4.69, 9.17) is 5.26 Å². The van der Waals surface area contributed by atoms with Crippen molar-refractivity contribution in [2.24, 2.45) is 0 Å². The molecule has 4 nitrogen and oxygen atoms in total. The fourth-order valence-electron chi connectivity index (χ4n) is 0.992. The third-order valence-corrected chi connectivity index (χ3v) is 1.64. The molecule has 0 aliphatic heterocycles. The molecule has 0 atom stereocenters. The average molecular weight is 189 g/mol. The third-order valence-electron chi connectivity index (χ3n) is 1.64. The predicted octanol–water partition coefficient (Wildman–Crippen LogP) is 1.03. The second-order valence-electron chi connectivity index (χ2n) is 2.83. The first kappa shape index (κ1) is 10.2. The average Bonchev–Trinajstić information content (AvgIpc) is 2.18. The first-order valence-corrected chi connectivity index (χ1v) is 4.33. The van der Waals surface area contributed by atoms with Gasteiger partial charge in [0.2, 0.25) is 0 Å². The molecule has 4 heteroatoms. The Morgan fingerprint density at radius 2 is 2.43 bits per heavy atom. The zero-order chi connectivity index (χ0) is 10.4. The Kier molecular flexibility index (Phi) is 3.62. The van der Waals surface area contributed by atoms with E-state index in [2.05, 4.69) is 10.3 Å². The van der Waals surface area contributed by atoms with Crippen molar-refractivity contribution in [1.82, 2.24) is 10.3 Å². The fourth-order valence-corrected chi connectivity index (χ4v) is 0.992. The second-order valence-corrected chi connectivity index (χ2v) is 2.83. The van der Waals surface area contributed by atoms with Crippen LogP contribution in [0.4, 0.5) is 0 Å². The molecule has 0 bridgehead atoms. The Labute approximate surface area is 82.6 Å². The molecule has 14 heavy (non-hydrogen) atoms. The van der Waals surface area contributed by atoms with E-state index in [0.29, 0.717) is 18.7 Å². The van der Waals surface area contributed by atoms with Crippen molar-refractivity contribution < 1.29 is 4.79 Å². The van der Waals surface area contributed by atoms with E-state index in [-0.39, 0.29) is 5.91 Å². The highest BCUT2D eigenvalue weighted by molar-refractivity contribution is 5.92. The van der Waals surface area contributed by atoms with Crippen LogP contribution in [0.2, 0.25) is 0 Å². The molecule has 1 rings (SSSR count). The van der Waals surface area contributed by atoms with Gasteiger partial charge in [-0.25, -0.2) is 4.98 Å². The van der Waals surface area contributed by atoms with Gasteiger partial charge in [0.05, 0.1) is 12.5 Å². The summed E-state index contributed by atoms with van der Waals surface area (Å²) in [6, 6.07) is 7.20. The van der Waals surface area contributed by atoms with Crippen LogP contribution in [0.5, 0.6) is 0 Å². The molecule has 0 aliphatic rings. The molecule has 0 fully saturated rings. The Morgan fingerprint density at radius 1 is 1.64 bits per heavy atom. The largest absolute Gasteiger partial charge is 0.350 e. The van der Waals surface area contributed by atoms with Crippen molar-refractivity contribution in [3.05, 3.63) is 29.6 Å². The van der Waals surface area contributed by atoms with Crippen LogP contribution in [0.25, 0.3) is 0 Å². The number of nitrogens with one attached hydrogen (secondary N) is 1. The van der Waals surface area contributed by atoms with Crippen LogP contribution < -0.4 is 5.32 Å². The first-order chi connectivity index (χ1) is 6.74. The molecule has 0 aliphatic carbocycles. The van der Waals surface area contributed by atoms with E-state index in [1.54, 1.807) is 12.1 Å². The van der Waals surface area contributed by atoms with E-state index in [0.717, 1.165) is 5.69 Å². The number of amides is 1. The number of aromatic nitrogens is 1. The Morgan fingerprint density at radius 3 is 3.07 bits per heavy atom. The van der Waals surface area contributed by atoms with Gasteiger partial charge in [0.15, 0.2) is 0 Å². The first-order valence-electron chi connectivity index (χ1n) is 4.33. The number of nitrogens with zero attached hydrogens (tertiary/aromatic N) is 2. The van der Waals surface area contributed by atoms with Gasteiger partial charge < -0.3 is 5.32 Å². The molecule has 0 radical (unpaired) electrons. The smallest absolute Gasteiger partial charge is 0.269 e. The molecule has 1 aromatic rings. The van der Waals surface area contributed by atoms with Crippen LogP contribution in [-0.4, -0.2) is 17.4 Å². The highest BCUT2D eigenvalue weighted by Crippen LogP contribution is 1.97. The number of aryl methyl sites for hydroxylation is 1. The number of carbonyl (C=O) groups excluding carboxylic acids is 1. The molecule has 0 spiro atoms. The monoisotopic (exact) mass is 189 g/mol. The van der Waals surface area contributed by atoms with Crippen LogP contribution in [0.1, 0.15) is 22.6 Å². The van der Waals surface area contributed by atoms with Crippen LogP contribution >= 0.6 is 0 Å². The molecule has 1 amide bonds. The lowest BCUT2D eigenvalue weighted by molar-refractivity contribution is 0.0949. The van der Waals surface area contributed by atoms with Crippen molar-refractivity contribution in [3.8, 4) is 6.07 Å². The number of carbonyl (C=O) groups is 1. The minimum Gasteiger partial charge on any atom is -0.350 e. The van der Waals surface area contributed by atoms with E-state index in [1.807, 2.05) is 19.1 Å². The minimum absolute atomic E-state index is 0.232. The molecule has 1 N–H and O–H groups in total. The molecule has 1 heterocycles. The van der Waals surface area contributed by atoms with E-state index >= 15 is 0 Å². The maximum Gasteiger partial charge on any atom is 0.269 e. The van der Waals surface area contributed by atoms with Gasteiger partial charge in [-0.15, -0.1) is 0 Å². The van der Waals surface area contributed by atoms with Gasteiger partial charge >= 0.3 is 0 Å². The normalized spacial score (nSPS) is 9.14. The summed E-state index contributed by atoms with van der Waals surface area (Å²) in [4.78, 5) is 15.4. The minimum atomic E-state index is -0.232. The van der Waals surface area contributed by atoms with Crippen LogP contribution in [0.15, 0.2) is 18.2 Å². The fraction of sp³-hybridized carbons (Fsp3) is 0.300. The highest BCUT2D eigenvalue weighted by atomic mass is 16.1. The lowest BCUT2D eigenvalue weighted by Gasteiger charge is -2.01. The van der Waals surface area contributed by atoms with Crippen LogP contribution in [-0.2, 0) is 0 Å². The Hall–Kier alpha value is -1.89. The van der Waals surface area contributed by atoms with Gasteiger partial charge in [-0.1, -0.05) is 6.07 Å². The van der Waals surface area contributed by atoms with Gasteiger partial charge in [0.25, 0.3) is 5.91 Å². The summed E-state index contributed by atoms with van der Waals surface area (Å²) in [6.07, 6.45) is 0.317. The summed E-state index contributed by atoms with van der Waals surface area (Å²) < 4.78 is 0. The molecule has 1 aromatic heterocycles. The summed E-state index contributed by atoms with van der Waals surface area (Å²) in [5.74, 6) is -0.232. The number of rotatable bonds is 3. The van der Waals surface area contributed by atoms with Crippen molar-refractivity contribution in [2.45, 2.75) is 13.3 Å². The molecular formula is C10H11N3O. The molecule has 0 aromatic carbocycles.